The van der Waals surface area contributed by atoms with E-state index in [1.807, 2.05) is 0 Å². The minimum Gasteiger partial charge on any atom is -0.455 e. The van der Waals surface area contributed by atoms with E-state index in [4.69, 9.17) is 4.42 Å². The summed E-state index contributed by atoms with van der Waals surface area (Å²) < 4.78 is 6.83. The number of halogens is 2. The Morgan fingerprint density at radius 3 is 2.67 bits per heavy atom. The fourth-order valence-electron chi connectivity index (χ4n) is 2.29. The Bertz CT molecular complexity index is 1050. The average molecular weight is 493 g/mol. The Morgan fingerprint density at radius 1 is 1.15 bits per heavy atom. The van der Waals surface area contributed by atoms with Gasteiger partial charge in [0.15, 0.2) is 0 Å². The number of nitrogens with one attached hydrogen (secondary N) is 1. The van der Waals surface area contributed by atoms with Crippen molar-refractivity contribution in [1.82, 2.24) is 5.43 Å². The Labute approximate surface area is 170 Å². The summed E-state index contributed by atoms with van der Waals surface area (Å²) in [5.41, 5.74) is 3.11. The number of nitro benzene ring substituents is 1. The summed E-state index contributed by atoms with van der Waals surface area (Å²) >= 11 is 6.51. The van der Waals surface area contributed by atoms with Gasteiger partial charge in [0, 0.05) is 15.0 Å². The molecule has 0 saturated heterocycles. The van der Waals surface area contributed by atoms with E-state index in [2.05, 4.69) is 42.4 Å². The van der Waals surface area contributed by atoms with Gasteiger partial charge in [0.2, 0.25) is 0 Å². The molecule has 0 aliphatic rings. The first-order valence-corrected chi connectivity index (χ1v) is 9.16. The predicted molar refractivity (Wildman–Crippen MR) is 108 cm³/mol. The molecular formula is C18H11Br2N3O4. The number of rotatable bonds is 5. The SMILES string of the molecule is O=C(N/N=C/c1ccc(-c2ccc(Br)cc2[N+](=O)[O-])o1)c1ccccc1Br. The zero-order valence-electron chi connectivity index (χ0n) is 13.6. The van der Waals surface area contributed by atoms with Gasteiger partial charge in [-0.15, -0.1) is 0 Å². The van der Waals surface area contributed by atoms with Gasteiger partial charge in [-0.2, -0.15) is 5.10 Å². The van der Waals surface area contributed by atoms with Crippen LogP contribution in [0.25, 0.3) is 11.3 Å². The second-order valence-electron chi connectivity index (χ2n) is 5.30. The van der Waals surface area contributed by atoms with Crippen molar-refractivity contribution in [2.75, 3.05) is 0 Å². The highest BCUT2D eigenvalue weighted by Gasteiger charge is 2.18. The molecule has 1 heterocycles. The Morgan fingerprint density at radius 2 is 1.93 bits per heavy atom. The normalized spacial score (nSPS) is 10.9. The molecule has 1 aromatic heterocycles. The van der Waals surface area contributed by atoms with Crippen molar-refractivity contribution in [3.8, 4) is 11.3 Å². The standard InChI is InChI=1S/C18H11Br2N3O4/c19-11-5-7-14(16(9-11)23(25)26)17-8-6-12(27-17)10-21-22-18(24)13-3-1-2-4-15(13)20/h1-10H,(H,22,24)/b21-10+. The molecule has 27 heavy (non-hydrogen) atoms. The van der Waals surface area contributed by atoms with Crippen molar-refractivity contribution in [3.05, 3.63) is 85.0 Å². The molecule has 2 aromatic carbocycles. The summed E-state index contributed by atoms with van der Waals surface area (Å²) in [5.74, 6) is 0.288. The Kier molecular flexibility index (Phi) is 5.82. The number of hydrogen-bond donors (Lipinski definition) is 1. The van der Waals surface area contributed by atoms with Crippen molar-refractivity contribution in [3.63, 3.8) is 0 Å². The lowest BCUT2D eigenvalue weighted by Crippen LogP contribution is -2.17. The maximum absolute atomic E-state index is 12.1. The third-order valence-electron chi connectivity index (χ3n) is 3.53. The molecule has 3 aromatic rings. The molecule has 0 atom stereocenters. The second-order valence-corrected chi connectivity index (χ2v) is 7.07. The maximum atomic E-state index is 12.1. The molecule has 0 spiro atoms. The summed E-state index contributed by atoms with van der Waals surface area (Å²) in [5, 5.41) is 15.1. The fourth-order valence-corrected chi connectivity index (χ4v) is 3.11. The van der Waals surface area contributed by atoms with Gasteiger partial charge in [0.05, 0.1) is 22.3 Å². The van der Waals surface area contributed by atoms with Crippen LogP contribution in [-0.2, 0) is 0 Å². The molecule has 1 amide bonds. The van der Waals surface area contributed by atoms with Crippen LogP contribution in [0.4, 0.5) is 5.69 Å². The van der Waals surface area contributed by atoms with Crippen LogP contribution in [0.5, 0.6) is 0 Å². The number of carbonyl (C=O) groups excluding carboxylic acids is 1. The van der Waals surface area contributed by atoms with E-state index in [0.717, 1.165) is 0 Å². The van der Waals surface area contributed by atoms with Crippen LogP contribution < -0.4 is 5.43 Å². The number of nitro groups is 1. The molecule has 136 valence electrons. The van der Waals surface area contributed by atoms with Gasteiger partial charge < -0.3 is 4.42 Å². The molecule has 9 heteroatoms. The second kappa shape index (κ2) is 8.28. The molecule has 0 radical (unpaired) electrons. The van der Waals surface area contributed by atoms with Crippen molar-refractivity contribution in [1.29, 1.82) is 0 Å². The predicted octanol–water partition coefficient (Wildman–Crippen LogP) is 5.14. The highest BCUT2D eigenvalue weighted by Crippen LogP contribution is 2.33. The van der Waals surface area contributed by atoms with E-state index in [-0.39, 0.29) is 11.6 Å². The first-order chi connectivity index (χ1) is 13.0. The van der Waals surface area contributed by atoms with Crippen LogP contribution in [-0.4, -0.2) is 17.0 Å². The first-order valence-electron chi connectivity index (χ1n) is 7.58. The zero-order valence-corrected chi connectivity index (χ0v) is 16.7. The van der Waals surface area contributed by atoms with Gasteiger partial charge in [-0.25, -0.2) is 5.43 Å². The highest BCUT2D eigenvalue weighted by atomic mass is 79.9. The summed E-state index contributed by atoms with van der Waals surface area (Å²) in [6.45, 7) is 0. The van der Waals surface area contributed by atoms with E-state index < -0.39 is 4.92 Å². The van der Waals surface area contributed by atoms with Crippen molar-refractivity contribution in [2.45, 2.75) is 0 Å². The Hall–Kier alpha value is -2.78. The maximum Gasteiger partial charge on any atom is 0.281 e. The topological polar surface area (TPSA) is 97.7 Å². The van der Waals surface area contributed by atoms with Gasteiger partial charge in [-0.3, -0.25) is 14.9 Å². The highest BCUT2D eigenvalue weighted by molar-refractivity contribution is 9.10. The number of amides is 1. The minimum atomic E-state index is -0.478. The summed E-state index contributed by atoms with van der Waals surface area (Å²) in [4.78, 5) is 22.8. The van der Waals surface area contributed by atoms with E-state index >= 15 is 0 Å². The van der Waals surface area contributed by atoms with Crippen molar-refractivity contribution in [2.24, 2.45) is 5.10 Å². The molecule has 3 rings (SSSR count). The minimum absolute atomic E-state index is 0.0792. The van der Waals surface area contributed by atoms with E-state index in [1.54, 1.807) is 48.5 Å². The largest absolute Gasteiger partial charge is 0.455 e. The van der Waals surface area contributed by atoms with E-state index in [0.29, 0.717) is 31.6 Å². The van der Waals surface area contributed by atoms with Crippen molar-refractivity contribution < 1.29 is 14.1 Å². The molecule has 0 bridgehead atoms. The number of carbonyl (C=O) groups is 1. The molecule has 1 N–H and O–H groups in total. The van der Waals surface area contributed by atoms with Gasteiger partial charge in [0.25, 0.3) is 11.6 Å². The summed E-state index contributed by atoms with van der Waals surface area (Å²) in [6.07, 6.45) is 1.32. The lowest BCUT2D eigenvalue weighted by atomic mass is 10.1. The molecule has 0 unspecified atom stereocenters. The van der Waals surface area contributed by atoms with Gasteiger partial charge >= 0.3 is 0 Å². The van der Waals surface area contributed by atoms with Gasteiger partial charge in [-0.05, 0) is 52.3 Å². The zero-order chi connectivity index (χ0) is 19.4. The first kappa shape index (κ1) is 19.0. The summed E-state index contributed by atoms with van der Waals surface area (Å²) in [7, 11) is 0. The molecule has 0 saturated carbocycles. The summed E-state index contributed by atoms with van der Waals surface area (Å²) in [6, 6.07) is 14.9. The van der Waals surface area contributed by atoms with E-state index in [1.165, 1.54) is 12.3 Å². The molecule has 0 aliphatic carbocycles. The average Bonchev–Trinajstić information content (AvgIpc) is 3.10. The van der Waals surface area contributed by atoms with Crippen LogP contribution in [0.15, 0.2) is 73.1 Å². The molecule has 0 fully saturated rings. The lowest BCUT2D eigenvalue weighted by Gasteiger charge is -2.01. The number of hydrogen-bond acceptors (Lipinski definition) is 5. The van der Waals surface area contributed by atoms with Crippen LogP contribution >= 0.6 is 31.9 Å². The number of benzene rings is 2. The lowest BCUT2D eigenvalue weighted by molar-refractivity contribution is -0.384. The smallest absolute Gasteiger partial charge is 0.281 e. The van der Waals surface area contributed by atoms with Crippen LogP contribution in [0.2, 0.25) is 0 Å². The van der Waals surface area contributed by atoms with Crippen LogP contribution in [0.3, 0.4) is 0 Å². The fraction of sp³-hybridized carbons (Fsp3) is 0. The third-order valence-corrected chi connectivity index (χ3v) is 4.71. The Balaban J connectivity index is 1.75. The van der Waals surface area contributed by atoms with Crippen LogP contribution in [0, 0.1) is 10.1 Å². The number of furan rings is 1. The van der Waals surface area contributed by atoms with Gasteiger partial charge in [-0.1, -0.05) is 28.1 Å². The molecule has 0 aliphatic heterocycles. The number of nitrogens with zero attached hydrogens (tertiary/aromatic N) is 2. The third kappa shape index (κ3) is 4.50. The van der Waals surface area contributed by atoms with E-state index in [9.17, 15) is 14.9 Å². The molecule has 7 nitrogen and oxygen atoms in total. The van der Waals surface area contributed by atoms with Crippen molar-refractivity contribution >= 4 is 49.7 Å². The quantitative estimate of drug-likeness (QED) is 0.302. The number of hydrazone groups is 1. The molecular weight excluding hydrogens is 482 g/mol. The monoisotopic (exact) mass is 491 g/mol. The van der Waals surface area contributed by atoms with Gasteiger partial charge in [0.1, 0.15) is 11.5 Å². The van der Waals surface area contributed by atoms with Crippen LogP contribution in [0.1, 0.15) is 16.1 Å².